The van der Waals surface area contributed by atoms with Crippen LogP contribution in [-0.4, -0.2) is 22.5 Å². The van der Waals surface area contributed by atoms with Crippen LogP contribution in [0.25, 0.3) is 0 Å². The molecule has 0 radical (unpaired) electrons. The number of carbonyl (C=O) groups excluding carboxylic acids is 1. The lowest BCUT2D eigenvalue weighted by Gasteiger charge is -2.23. The van der Waals surface area contributed by atoms with Gasteiger partial charge in [0, 0.05) is 21.6 Å². The standard InChI is InChI=1S/C30H33BrN2O2/c1-3-21-22-16-5-6-17(13-16)23(22)27(32-21)26(15-9-11-20(31)12-10-15)28-24-18-7-8-19(14-18)25(24)29(33-28)30(34)35-4-2/h9-12,16-19,26,32-33H,3-8,13-14H2,1-2H3. The van der Waals surface area contributed by atoms with Gasteiger partial charge in [0.1, 0.15) is 5.69 Å². The Labute approximate surface area is 215 Å². The van der Waals surface area contributed by atoms with Crippen LogP contribution < -0.4 is 0 Å². The molecule has 0 aliphatic heterocycles. The second-order valence-electron chi connectivity index (χ2n) is 11.1. The summed E-state index contributed by atoms with van der Waals surface area (Å²) < 4.78 is 6.62. The molecular formula is C30H33BrN2O2. The molecule has 3 aromatic rings. The lowest BCUT2D eigenvalue weighted by Crippen LogP contribution is -2.12. The van der Waals surface area contributed by atoms with Crippen LogP contribution >= 0.6 is 15.9 Å². The molecule has 5 atom stereocenters. The summed E-state index contributed by atoms with van der Waals surface area (Å²) in [5.41, 5.74) is 11.9. The fourth-order valence-electron chi connectivity index (χ4n) is 8.17. The van der Waals surface area contributed by atoms with Gasteiger partial charge in [0.05, 0.1) is 12.5 Å². The van der Waals surface area contributed by atoms with Gasteiger partial charge in [-0.3, -0.25) is 0 Å². The second kappa shape index (κ2) is 8.12. The molecule has 2 fully saturated rings. The molecule has 4 aliphatic rings. The molecule has 4 aliphatic carbocycles. The van der Waals surface area contributed by atoms with Gasteiger partial charge >= 0.3 is 5.97 Å². The number of esters is 1. The molecule has 2 aromatic heterocycles. The van der Waals surface area contributed by atoms with Gasteiger partial charge in [-0.05, 0) is 115 Å². The van der Waals surface area contributed by atoms with Crippen LogP contribution in [0.5, 0.6) is 0 Å². The normalized spacial score (nSPS) is 26.3. The van der Waals surface area contributed by atoms with E-state index in [4.69, 9.17) is 4.74 Å². The maximum absolute atomic E-state index is 13.1. The quantitative estimate of drug-likeness (QED) is 0.318. The average Bonchev–Trinajstić information content (AvgIpc) is 3.69. The molecule has 182 valence electrons. The highest BCUT2D eigenvalue weighted by molar-refractivity contribution is 9.10. The number of hydrogen-bond donors (Lipinski definition) is 2. The molecule has 2 saturated carbocycles. The lowest BCUT2D eigenvalue weighted by molar-refractivity contribution is 0.0518. The molecule has 4 nitrogen and oxygen atoms in total. The Balaban J connectivity index is 1.47. The number of aromatic amines is 2. The van der Waals surface area contributed by atoms with Gasteiger partial charge in [-0.2, -0.15) is 0 Å². The van der Waals surface area contributed by atoms with Crippen LogP contribution in [0.15, 0.2) is 28.7 Å². The van der Waals surface area contributed by atoms with E-state index in [1.165, 1.54) is 72.3 Å². The minimum atomic E-state index is -0.192. The van der Waals surface area contributed by atoms with E-state index >= 15 is 0 Å². The fourth-order valence-corrected chi connectivity index (χ4v) is 8.43. The van der Waals surface area contributed by atoms with Crippen LogP contribution in [0.4, 0.5) is 0 Å². The lowest BCUT2D eigenvalue weighted by atomic mass is 9.81. The number of fused-ring (bicyclic) bond motifs is 10. The summed E-state index contributed by atoms with van der Waals surface area (Å²) in [6, 6.07) is 8.82. The van der Waals surface area contributed by atoms with Crippen molar-refractivity contribution in [1.82, 2.24) is 9.97 Å². The Kier molecular flexibility index (Phi) is 5.10. The van der Waals surface area contributed by atoms with Crippen LogP contribution in [-0.2, 0) is 11.2 Å². The van der Waals surface area contributed by atoms with Crippen LogP contribution in [0.2, 0.25) is 0 Å². The van der Waals surface area contributed by atoms with Gasteiger partial charge in [-0.15, -0.1) is 0 Å². The van der Waals surface area contributed by atoms with Crippen LogP contribution in [0.1, 0.15) is 137 Å². The third-order valence-corrected chi connectivity index (χ3v) is 9.94. The van der Waals surface area contributed by atoms with Gasteiger partial charge in [-0.25, -0.2) is 4.79 Å². The summed E-state index contributed by atoms with van der Waals surface area (Å²) in [6.07, 6.45) is 8.59. The third-order valence-electron chi connectivity index (χ3n) is 9.41. The second-order valence-corrected chi connectivity index (χ2v) is 12.0. The Morgan fingerprint density at radius 2 is 1.46 bits per heavy atom. The Morgan fingerprint density at radius 1 is 0.886 bits per heavy atom. The SMILES string of the molecule is CCOC(=O)c1[nH]c(C(c2ccc(Br)cc2)c2[nH]c(CC)c3c2C2CCC3C2)c2c1C1CCC2C1. The molecule has 0 spiro atoms. The van der Waals surface area contributed by atoms with Gasteiger partial charge < -0.3 is 14.7 Å². The van der Waals surface area contributed by atoms with Gasteiger partial charge in [-0.1, -0.05) is 35.0 Å². The minimum absolute atomic E-state index is 0.0766. The van der Waals surface area contributed by atoms with Crippen molar-refractivity contribution in [2.24, 2.45) is 0 Å². The van der Waals surface area contributed by atoms with Crippen molar-refractivity contribution in [3.05, 3.63) is 79.3 Å². The van der Waals surface area contributed by atoms with Crippen LogP contribution in [0, 0.1) is 0 Å². The first-order chi connectivity index (χ1) is 17.1. The number of hydrogen-bond acceptors (Lipinski definition) is 2. The molecule has 4 bridgehead atoms. The number of benzene rings is 1. The van der Waals surface area contributed by atoms with Crippen molar-refractivity contribution < 1.29 is 9.53 Å². The highest BCUT2D eigenvalue weighted by Gasteiger charge is 2.47. The first-order valence-electron chi connectivity index (χ1n) is 13.5. The maximum Gasteiger partial charge on any atom is 0.355 e. The van der Waals surface area contributed by atoms with E-state index in [0.717, 1.165) is 16.8 Å². The summed E-state index contributed by atoms with van der Waals surface area (Å²) >= 11 is 3.64. The topological polar surface area (TPSA) is 57.9 Å². The Morgan fingerprint density at radius 3 is 2.09 bits per heavy atom. The van der Waals surface area contributed by atoms with E-state index in [0.29, 0.717) is 30.1 Å². The van der Waals surface area contributed by atoms with E-state index in [1.807, 2.05) is 6.92 Å². The molecule has 7 rings (SSSR count). The van der Waals surface area contributed by atoms with Crippen molar-refractivity contribution in [3.8, 4) is 0 Å². The van der Waals surface area contributed by atoms with Gasteiger partial charge in [0.2, 0.25) is 0 Å². The van der Waals surface area contributed by atoms with Crippen molar-refractivity contribution in [2.75, 3.05) is 6.61 Å². The minimum Gasteiger partial charge on any atom is -0.461 e. The molecule has 0 saturated heterocycles. The predicted molar refractivity (Wildman–Crippen MR) is 141 cm³/mol. The highest BCUT2D eigenvalue weighted by Crippen LogP contribution is 2.60. The average molecular weight is 534 g/mol. The van der Waals surface area contributed by atoms with Crippen molar-refractivity contribution in [2.45, 2.75) is 88.4 Å². The fraction of sp³-hybridized carbons (Fsp3) is 0.500. The van der Waals surface area contributed by atoms with Gasteiger partial charge in [0.25, 0.3) is 0 Å². The Hall–Kier alpha value is -2.27. The highest BCUT2D eigenvalue weighted by atomic mass is 79.9. The third kappa shape index (κ3) is 3.13. The zero-order chi connectivity index (χ0) is 23.8. The first kappa shape index (κ1) is 22.0. The summed E-state index contributed by atoms with van der Waals surface area (Å²) in [5.74, 6) is 2.31. The number of aromatic nitrogens is 2. The molecule has 2 heterocycles. The number of H-pyrrole nitrogens is 2. The summed E-state index contributed by atoms with van der Waals surface area (Å²) in [6.45, 7) is 4.57. The number of rotatable bonds is 6. The molecular weight excluding hydrogens is 500 g/mol. The largest absolute Gasteiger partial charge is 0.461 e. The molecule has 5 unspecified atom stereocenters. The van der Waals surface area contributed by atoms with E-state index in [1.54, 1.807) is 11.1 Å². The number of carbonyl (C=O) groups is 1. The number of halogens is 1. The van der Waals surface area contributed by atoms with E-state index in [9.17, 15) is 4.79 Å². The number of aryl methyl sites for hydroxylation is 1. The monoisotopic (exact) mass is 532 g/mol. The van der Waals surface area contributed by atoms with Gasteiger partial charge in [0.15, 0.2) is 0 Å². The van der Waals surface area contributed by atoms with E-state index in [2.05, 4.69) is 57.1 Å². The smallest absolute Gasteiger partial charge is 0.355 e. The van der Waals surface area contributed by atoms with E-state index in [-0.39, 0.29) is 11.9 Å². The molecule has 5 heteroatoms. The predicted octanol–water partition coefficient (Wildman–Crippen LogP) is 7.75. The summed E-state index contributed by atoms with van der Waals surface area (Å²) in [4.78, 5) is 20.8. The summed E-state index contributed by atoms with van der Waals surface area (Å²) in [5, 5.41) is 0. The maximum atomic E-state index is 13.1. The van der Waals surface area contributed by atoms with Crippen molar-refractivity contribution in [1.29, 1.82) is 0 Å². The number of nitrogens with one attached hydrogen (secondary N) is 2. The Bertz CT molecular complexity index is 1320. The summed E-state index contributed by atoms with van der Waals surface area (Å²) in [7, 11) is 0. The molecule has 35 heavy (non-hydrogen) atoms. The zero-order valence-corrected chi connectivity index (χ0v) is 22.1. The molecule has 2 N–H and O–H groups in total. The van der Waals surface area contributed by atoms with Crippen molar-refractivity contribution >= 4 is 21.9 Å². The number of ether oxygens (including phenoxy) is 1. The first-order valence-corrected chi connectivity index (χ1v) is 14.3. The van der Waals surface area contributed by atoms with E-state index < -0.39 is 0 Å². The zero-order valence-electron chi connectivity index (χ0n) is 20.5. The molecule has 0 amide bonds. The van der Waals surface area contributed by atoms with Crippen molar-refractivity contribution in [3.63, 3.8) is 0 Å². The molecule has 1 aromatic carbocycles. The van der Waals surface area contributed by atoms with Crippen LogP contribution in [0.3, 0.4) is 0 Å².